The first-order chi connectivity index (χ1) is 19.3. The number of carbonyl (C=O) groups excluding carboxylic acids is 4. The average Bonchev–Trinajstić information content (AvgIpc) is 3.51. The molecule has 0 spiro atoms. The van der Waals surface area contributed by atoms with Crippen LogP contribution in [0.3, 0.4) is 0 Å². The van der Waals surface area contributed by atoms with Crippen LogP contribution in [0.4, 0.5) is 10.5 Å². The molecular formula is C27H24ClN7O5. The molecule has 1 atom stereocenters. The van der Waals surface area contributed by atoms with Crippen molar-refractivity contribution in [2.45, 2.75) is 12.5 Å². The lowest BCUT2D eigenvalue weighted by Gasteiger charge is -2.19. The van der Waals surface area contributed by atoms with Crippen LogP contribution in [-0.2, 0) is 16.0 Å². The Kier molecular flexibility index (Phi) is 9.15. The molecule has 0 aliphatic rings. The number of rotatable bonds is 10. The van der Waals surface area contributed by atoms with Crippen LogP contribution in [0.1, 0.15) is 26.3 Å². The van der Waals surface area contributed by atoms with Crippen LogP contribution < -0.4 is 16.0 Å². The Balaban J connectivity index is 1.47. The van der Waals surface area contributed by atoms with Gasteiger partial charge in [-0.15, -0.1) is 5.10 Å². The van der Waals surface area contributed by atoms with E-state index in [1.54, 1.807) is 12.1 Å². The van der Waals surface area contributed by atoms with Gasteiger partial charge in [0.15, 0.2) is 5.78 Å². The maximum absolute atomic E-state index is 13.2. The second-order valence-electron chi connectivity index (χ2n) is 8.47. The third-order valence-corrected chi connectivity index (χ3v) is 6.00. The van der Waals surface area contributed by atoms with E-state index in [1.807, 2.05) is 30.3 Å². The standard InChI is InChI=1S/C27H24ClN7O5/c1-40-27(39)31-20-10-7-18(8-11-20)25(37)32-22(13-17-5-3-2-4-6-17)26(38)29-15-24(36)21-14-19(28)9-12-23(21)35-16-30-33-34-35/h2-12,14,16,22H,13,15H2,1H3,(H,29,38)(H,31,39)(H,32,37)/t22-/m0/s1. The fraction of sp³-hybridized carbons (Fsp3) is 0.148. The van der Waals surface area contributed by atoms with Crippen molar-refractivity contribution in [1.29, 1.82) is 0 Å². The zero-order valence-electron chi connectivity index (χ0n) is 21.2. The molecular weight excluding hydrogens is 538 g/mol. The minimum atomic E-state index is -0.992. The number of benzene rings is 3. The maximum Gasteiger partial charge on any atom is 0.411 e. The van der Waals surface area contributed by atoms with Gasteiger partial charge in [-0.3, -0.25) is 19.7 Å². The summed E-state index contributed by atoms with van der Waals surface area (Å²) in [7, 11) is 1.24. The number of anilines is 1. The van der Waals surface area contributed by atoms with Crippen molar-refractivity contribution in [1.82, 2.24) is 30.8 Å². The first kappa shape index (κ1) is 27.9. The molecule has 0 aliphatic heterocycles. The van der Waals surface area contributed by atoms with Gasteiger partial charge in [-0.25, -0.2) is 4.79 Å². The van der Waals surface area contributed by atoms with Crippen LogP contribution >= 0.6 is 11.6 Å². The Morgan fingerprint density at radius 2 is 1.75 bits per heavy atom. The van der Waals surface area contributed by atoms with Gasteiger partial charge in [-0.2, -0.15) is 4.68 Å². The molecule has 12 nitrogen and oxygen atoms in total. The maximum atomic E-state index is 13.2. The summed E-state index contributed by atoms with van der Waals surface area (Å²) in [6, 6.07) is 18.9. The van der Waals surface area contributed by atoms with Crippen LogP contribution in [0.2, 0.25) is 5.02 Å². The number of hydrogen-bond acceptors (Lipinski definition) is 8. The molecule has 3 N–H and O–H groups in total. The number of carbonyl (C=O) groups is 4. The molecule has 4 aromatic rings. The number of hydrogen-bond donors (Lipinski definition) is 3. The molecule has 3 aromatic carbocycles. The highest BCUT2D eigenvalue weighted by Gasteiger charge is 2.24. The molecule has 0 radical (unpaired) electrons. The van der Waals surface area contributed by atoms with E-state index in [0.29, 0.717) is 16.4 Å². The highest BCUT2D eigenvalue weighted by atomic mass is 35.5. The molecule has 1 aromatic heterocycles. The number of nitrogens with zero attached hydrogens (tertiary/aromatic N) is 4. The fourth-order valence-corrected chi connectivity index (χ4v) is 3.94. The highest BCUT2D eigenvalue weighted by Crippen LogP contribution is 2.19. The molecule has 0 unspecified atom stereocenters. The monoisotopic (exact) mass is 561 g/mol. The first-order valence-electron chi connectivity index (χ1n) is 12.0. The van der Waals surface area contributed by atoms with E-state index in [4.69, 9.17) is 11.6 Å². The molecule has 40 heavy (non-hydrogen) atoms. The molecule has 204 valence electrons. The van der Waals surface area contributed by atoms with Gasteiger partial charge in [0.05, 0.1) is 19.3 Å². The Bertz CT molecular complexity index is 1500. The van der Waals surface area contributed by atoms with Crippen molar-refractivity contribution in [2.75, 3.05) is 19.0 Å². The van der Waals surface area contributed by atoms with E-state index in [2.05, 4.69) is 36.2 Å². The van der Waals surface area contributed by atoms with Crippen LogP contribution in [-0.4, -0.2) is 63.6 Å². The Labute approximate surface area is 233 Å². The largest absolute Gasteiger partial charge is 0.453 e. The number of ether oxygens (including phenoxy) is 1. The van der Waals surface area contributed by atoms with Crippen molar-refractivity contribution < 1.29 is 23.9 Å². The molecule has 1 heterocycles. The fourth-order valence-electron chi connectivity index (χ4n) is 3.76. The predicted molar refractivity (Wildman–Crippen MR) is 145 cm³/mol. The van der Waals surface area contributed by atoms with E-state index >= 15 is 0 Å². The number of aromatic nitrogens is 4. The molecule has 0 aliphatic carbocycles. The predicted octanol–water partition coefficient (Wildman–Crippen LogP) is 2.83. The first-order valence-corrected chi connectivity index (χ1v) is 12.4. The lowest BCUT2D eigenvalue weighted by Crippen LogP contribution is -2.49. The van der Waals surface area contributed by atoms with Crippen molar-refractivity contribution >= 4 is 41.0 Å². The zero-order chi connectivity index (χ0) is 28.5. The third kappa shape index (κ3) is 7.26. The van der Waals surface area contributed by atoms with Gasteiger partial charge in [-0.1, -0.05) is 41.9 Å². The summed E-state index contributed by atoms with van der Waals surface area (Å²) in [6.07, 6.45) is 0.873. The zero-order valence-corrected chi connectivity index (χ0v) is 22.0. The van der Waals surface area contributed by atoms with Crippen molar-refractivity contribution in [3.05, 3.63) is 101 Å². The summed E-state index contributed by atoms with van der Waals surface area (Å²) >= 11 is 6.11. The number of methoxy groups -OCH3 is 1. The van der Waals surface area contributed by atoms with Crippen molar-refractivity contribution in [2.24, 2.45) is 0 Å². The molecule has 0 bridgehead atoms. The molecule has 3 amide bonds. The summed E-state index contributed by atoms with van der Waals surface area (Å²) in [4.78, 5) is 50.7. The minimum absolute atomic E-state index is 0.182. The van der Waals surface area contributed by atoms with Gasteiger partial charge in [0, 0.05) is 28.3 Å². The van der Waals surface area contributed by atoms with Gasteiger partial charge in [0.1, 0.15) is 12.4 Å². The van der Waals surface area contributed by atoms with Gasteiger partial charge in [0.25, 0.3) is 5.91 Å². The number of tetrazole rings is 1. The Morgan fingerprint density at radius 1 is 1.00 bits per heavy atom. The SMILES string of the molecule is COC(=O)Nc1ccc(C(=O)N[C@@H](Cc2ccccc2)C(=O)NCC(=O)c2cc(Cl)ccc2-n2cnnn2)cc1. The smallest absolute Gasteiger partial charge is 0.411 e. The van der Waals surface area contributed by atoms with Crippen LogP contribution in [0.25, 0.3) is 5.69 Å². The summed E-state index contributed by atoms with van der Waals surface area (Å²) < 4.78 is 5.87. The summed E-state index contributed by atoms with van der Waals surface area (Å²) in [5.41, 5.74) is 2.12. The second-order valence-corrected chi connectivity index (χ2v) is 8.90. The molecule has 0 fully saturated rings. The number of halogens is 1. The molecule has 4 rings (SSSR count). The normalized spacial score (nSPS) is 11.2. The number of nitrogens with one attached hydrogen (secondary N) is 3. The average molecular weight is 562 g/mol. The van der Waals surface area contributed by atoms with Crippen molar-refractivity contribution in [3.8, 4) is 5.69 Å². The van der Waals surface area contributed by atoms with Gasteiger partial charge in [-0.05, 0) is 58.5 Å². The van der Waals surface area contributed by atoms with E-state index in [0.717, 1.165) is 5.56 Å². The highest BCUT2D eigenvalue weighted by molar-refractivity contribution is 6.31. The lowest BCUT2D eigenvalue weighted by molar-refractivity contribution is -0.122. The molecule has 13 heteroatoms. The number of amides is 3. The van der Waals surface area contributed by atoms with Gasteiger partial charge >= 0.3 is 6.09 Å². The van der Waals surface area contributed by atoms with Crippen LogP contribution in [0.15, 0.2) is 79.1 Å². The summed E-state index contributed by atoms with van der Waals surface area (Å²) in [5, 5.41) is 19.2. The van der Waals surface area contributed by atoms with Gasteiger partial charge in [0.2, 0.25) is 5.91 Å². The van der Waals surface area contributed by atoms with E-state index < -0.39 is 29.7 Å². The van der Waals surface area contributed by atoms with E-state index in [-0.39, 0.29) is 24.1 Å². The van der Waals surface area contributed by atoms with Crippen molar-refractivity contribution in [3.63, 3.8) is 0 Å². The Morgan fingerprint density at radius 3 is 2.42 bits per heavy atom. The van der Waals surface area contributed by atoms with Crippen LogP contribution in [0.5, 0.6) is 0 Å². The third-order valence-electron chi connectivity index (χ3n) is 5.76. The molecule has 0 saturated carbocycles. The summed E-state index contributed by atoms with van der Waals surface area (Å²) in [6.45, 7) is -0.358. The minimum Gasteiger partial charge on any atom is -0.453 e. The number of ketones is 1. The van der Waals surface area contributed by atoms with Crippen LogP contribution in [0, 0.1) is 0 Å². The molecule has 0 saturated heterocycles. The topological polar surface area (TPSA) is 157 Å². The van der Waals surface area contributed by atoms with E-state index in [9.17, 15) is 19.2 Å². The van der Waals surface area contributed by atoms with Gasteiger partial charge < -0.3 is 15.4 Å². The lowest BCUT2D eigenvalue weighted by atomic mass is 10.0. The quantitative estimate of drug-likeness (QED) is 0.249. The summed E-state index contributed by atoms with van der Waals surface area (Å²) in [5.74, 6) is -1.50. The Hall–Kier alpha value is -5.10. The number of Topliss-reactive ketones (excluding diaryl/α,β-unsaturated/α-hetero) is 1. The van der Waals surface area contributed by atoms with E-state index in [1.165, 1.54) is 48.5 Å². The second kappa shape index (κ2) is 13.1.